The third-order valence-electron chi connectivity index (χ3n) is 5.81. The van der Waals surface area contributed by atoms with Crippen molar-refractivity contribution < 1.29 is 4.92 Å². The van der Waals surface area contributed by atoms with Gasteiger partial charge >= 0.3 is 5.70 Å². The van der Waals surface area contributed by atoms with Gasteiger partial charge < -0.3 is 16.4 Å². The van der Waals surface area contributed by atoms with Crippen molar-refractivity contribution in [1.82, 2.24) is 10.6 Å². The van der Waals surface area contributed by atoms with Crippen molar-refractivity contribution in [2.45, 2.75) is 44.2 Å². The second kappa shape index (κ2) is 9.56. The zero-order valence-corrected chi connectivity index (χ0v) is 17.2. The van der Waals surface area contributed by atoms with E-state index in [1.54, 1.807) is 0 Å². The Balaban J connectivity index is 1.65. The summed E-state index contributed by atoms with van der Waals surface area (Å²) in [6.45, 7) is 1.21. The smallest absolute Gasteiger partial charge is 0.301 e. The van der Waals surface area contributed by atoms with Crippen molar-refractivity contribution in [2.75, 3.05) is 13.1 Å². The molecule has 1 atom stereocenters. The van der Waals surface area contributed by atoms with Crippen LogP contribution in [0.1, 0.15) is 37.7 Å². The summed E-state index contributed by atoms with van der Waals surface area (Å²) >= 11 is 6.01. The van der Waals surface area contributed by atoms with Crippen molar-refractivity contribution >= 4 is 17.6 Å². The minimum Gasteiger partial charge on any atom is -0.330 e. The molecule has 1 heterocycles. The average molecular weight is 421 g/mol. The number of benzene rings is 1. The highest BCUT2D eigenvalue weighted by molar-refractivity contribution is 6.30. The molecule has 2 aliphatic rings. The first-order chi connectivity index (χ1) is 13.9. The predicted octanol–water partition coefficient (Wildman–Crippen LogP) is 2.36. The van der Waals surface area contributed by atoms with Crippen molar-refractivity contribution in [3.8, 4) is 0 Å². The highest BCUT2D eigenvalue weighted by Gasteiger charge is 2.44. The Morgan fingerprint density at radius 1 is 1.28 bits per heavy atom. The molecule has 1 fully saturated rings. The van der Waals surface area contributed by atoms with Crippen LogP contribution in [-0.4, -0.2) is 29.6 Å². The van der Waals surface area contributed by atoms with Gasteiger partial charge in [0.1, 0.15) is 0 Å². The molecule has 1 aliphatic heterocycles. The molecule has 9 heteroatoms. The SMILES string of the molecule is NCC1CCC(CC2(N)NC(=NCCc3cccc(Cl)c3)NC=C2[N+](=O)[O-])CC1. The molecule has 3 rings (SSSR count). The Kier molecular flexibility index (Phi) is 7.10. The first-order valence-corrected chi connectivity index (χ1v) is 10.4. The maximum atomic E-state index is 11.6. The number of nitro groups is 1. The summed E-state index contributed by atoms with van der Waals surface area (Å²) in [7, 11) is 0. The maximum Gasteiger partial charge on any atom is 0.301 e. The lowest BCUT2D eigenvalue weighted by atomic mass is 9.77. The molecular formula is C20H29ClN6O2. The van der Waals surface area contributed by atoms with Crippen LogP contribution in [0.5, 0.6) is 0 Å². The first kappa shape index (κ1) is 21.5. The van der Waals surface area contributed by atoms with Gasteiger partial charge in [0.05, 0.1) is 11.1 Å². The van der Waals surface area contributed by atoms with Gasteiger partial charge in [-0.3, -0.25) is 20.8 Å². The second-order valence-electron chi connectivity index (χ2n) is 7.96. The number of nitrogens with zero attached hydrogens (tertiary/aromatic N) is 2. The van der Waals surface area contributed by atoms with Gasteiger partial charge in [0.2, 0.25) is 0 Å². The van der Waals surface area contributed by atoms with E-state index in [0.29, 0.717) is 48.7 Å². The van der Waals surface area contributed by atoms with Crippen molar-refractivity contribution in [3.05, 3.63) is 56.9 Å². The number of hydrogen-bond acceptors (Lipinski definition) is 5. The van der Waals surface area contributed by atoms with Gasteiger partial charge in [-0.1, -0.05) is 23.7 Å². The van der Waals surface area contributed by atoms with Crippen molar-refractivity contribution in [1.29, 1.82) is 0 Å². The van der Waals surface area contributed by atoms with Gasteiger partial charge in [0.15, 0.2) is 11.6 Å². The van der Waals surface area contributed by atoms with Gasteiger partial charge in [0, 0.05) is 11.6 Å². The van der Waals surface area contributed by atoms with Crippen molar-refractivity contribution in [2.24, 2.45) is 28.3 Å². The van der Waals surface area contributed by atoms with E-state index in [1.807, 2.05) is 24.3 Å². The van der Waals surface area contributed by atoms with E-state index >= 15 is 0 Å². The van der Waals surface area contributed by atoms with Crippen LogP contribution >= 0.6 is 11.6 Å². The lowest BCUT2D eigenvalue weighted by molar-refractivity contribution is -0.437. The number of guanidine groups is 1. The van der Waals surface area contributed by atoms with Crippen LogP contribution in [-0.2, 0) is 6.42 Å². The summed E-state index contributed by atoms with van der Waals surface area (Å²) in [6, 6.07) is 7.62. The van der Waals surface area contributed by atoms with E-state index in [2.05, 4.69) is 15.6 Å². The highest BCUT2D eigenvalue weighted by atomic mass is 35.5. The molecule has 0 saturated heterocycles. The molecule has 8 nitrogen and oxygen atoms in total. The fraction of sp³-hybridized carbons (Fsp3) is 0.550. The summed E-state index contributed by atoms with van der Waals surface area (Å²) in [6.07, 6.45) is 6.64. The molecule has 158 valence electrons. The minimum absolute atomic E-state index is 0.0627. The molecule has 0 amide bonds. The van der Waals surface area contributed by atoms with Crippen LogP contribution in [0.3, 0.4) is 0 Å². The summed E-state index contributed by atoms with van der Waals surface area (Å²) in [5, 5.41) is 18.2. The monoisotopic (exact) mass is 420 g/mol. The van der Waals surface area contributed by atoms with Crippen LogP contribution in [0.4, 0.5) is 0 Å². The summed E-state index contributed by atoms with van der Waals surface area (Å²) in [4.78, 5) is 15.6. The fourth-order valence-electron chi connectivity index (χ4n) is 4.15. The molecule has 1 unspecified atom stereocenters. The van der Waals surface area contributed by atoms with Crippen LogP contribution < -0.4 is 22.1 Å². The van der Waals surface area contributed by atoms with Crippen LogP contribution in [0.2, 0.25) is 5.02 Å². The number of nitrogens with one attached hydrogen (secondary N) is 2. The Morgan fingerprint density at radius 2 is 2.00 bits per heavy atom. The third kappa shape index (κ3) is 5.68. The molecule has 6 N–H and O–H groups in total. The average Bonchev–Trinajstić information content (AvgIpc) is 2.68. The normalized spacial score (nSPS) is 28.4. The topological polar surface area (TPSA) is 132 Å². The highest BCUT2D eigenvalue weighted by Crippen LogP contribution is 2.34. The zero-order valence-electron chi connectivity index (χ0n) is 16.4. The Labute approximate surface area is 175 Å². The van der Waals surface area contributed by atoms with Crippen molar-refractivity contribution in [3.63, 3.8) is 0 Å². The first-order valence-electron chi connectivity index (χ1n) is 10.1. The van der Waals surface area contributed by atoms with E-state index in [-0.39, 0.29) is 5.70 Å². The lowest BCUT2D eigenvalue weighted by Crippen LogP contribution is -2.64. The van der Waals surface area contributed by atoms with E-state index in [0.717, 1.165) is 31.2 Å². The minimum atomic E-state index is -1.25. The summed E-state index contributed by atoms with van der Waals surface area (Å²) in [5.41, 5.74) is 12.0. The molecular weight excluding hydrogens is 392 g/mol. The second-order valence-corrected chi connectivity index (χ2v) is 8.40. The summed E-state index contributed by atoms with van der Waals surface area (Å²) in [5.74, 6) is 1.33. The molecule has 0 spiro atoms. The Morgan fingerprint density at radius 3 is 2.66 bits per heavy atom. The number of rotatable bonds is 7. The zero-order chi connectivity index (χ0) is 20.9. The van der Waals surface area contributed by atoms with E-state index < -0.39 is 10.6 Å². The third-order valence-corrected chi connectivity index (χ3v) is 6.05. The van der Waals surface area contributed by atoms with Crippen LogP contribution in [0.25, 0.3) is 0 Å². The molecule has 0 radical (unpaired) electrons. The van der Waals surface area contributed by atoms with Gasteiger partial charge in [-0.2, -0.15) is 0 Å². The molecule has 1 aromatic rings. The fourth-order valence-corrected chi connectivity index (χ4v) is 4.36. The largest absolute Gasteiger partial charge is 0.330 e. The van der Waals surface area contributed by atoms with Crippen LogP contribution in [0.15, 0.2) is 41.2 Å². The van der Waals surface area contributed by atoms with Crippen LogP contribution in [0, 0.1) is 22.0 Å². The van der Waals surface area contributed by atoms with Gasteiger partial charge in [0.25, 0.3) is 0 Å². The number of nitrogens with two attached hydrogens (primary N) is 2. The molecule has 0 aromatic heterocycles. The summed E-state index contributed by atoms with van der Waals surface area (Å²) < 4.78 is 0. The van der Waals surface area contributed by atoms with Gasteiger partial charge in [-0.05, 0) is 74.6 Å². The number of halogens is 1. The molecule has 29 heavy (non-hydrogen) atoms. The molecule has 1 aromatic carbocycles. The Bertz CT molecular complexity index is 791. The standard InChI is InChI=1S/C20H29ClN6O2/c21-17-3-1-2-14(10-17)8-9-24-19-25-13-18(27(28)29)20(23,26-19)11-15-4-6-16(12-22)7-5-15/h1-3,10,13,15-16H,4-9,11-12,22-23H2,(H2,24,25,26). The van der Waals surface area contributed by atoms with Gasteiger partial charge in [-0.25, -0.2) is 0 Å². The van der Waals surface area contributed by atoms with E-state index in [4.69, 9.17) is 23.1 Å². The predicted molar refractivity (Wildman–Crippen MR) is 115 cm³/mol. The number of hydrogen-bond donors (Lipinski definition) is 4. The molecule has 0 bridgehead atoms. The van der Waals surface area contributed by atoms with Gasteiger partial charge in [-0.15, -0.1) is 0 Å². The number of aliphatic imine (C=N–C) groups is 1. The van der Waals surface area contributed by atoms with E-state index in [1.165, 1.54) is 6.20 Å². The Hall–Kier alpha value is -2.16. The molecule has 1 aliphatic carbocycles. The van der Waals surface area contributed by atoms with E-state index in [9.17, 15) is 10.1 Å². The maximum absolute atomic E-state index is 11.6. The molecule has 1 saturated carbocycles. The quantitative estimate of drug-likeness (QED) is 0.395. The lowest BCUT2D eigenvalue weighted by Gasteiger charge is -2.37.